The highest BCUT2D eigenvalue weighted by molar-refractivity contribution is 6.38. The van der Waals surface area contributed by atoms with Crippen molar-refractivity contribution in [3.63, 3.8) is 0 Å². The molecule has 2 aromatic rings. The van der Waals surface area contributed by atoms with Crippen molar-refractivity contribution in [1.82, 2.24) is 15.8 Å². The Kier molecular flexibility index (Phi) is 8.20. The lowest BCUT2D eigenvalue weighted by Crippen LogP contribution is -2.39. The fraction of sp³-hybridized carbons (Fsp3) is 0.192. The number of carbonyl (C=O) groups excluding carboxylic acids is 3. The Balaban J connectivity index is 1.94. The van der Waals surface area contributed by atoms with Crippen molar-refractivity contribution < 1.29 is 24.3 Å². The molecule has 192 valence electrons. The molecule has 0 saturated carbocycles. The summed E-state index contributed by atoms with van der Waals surface area (Å²) in [7, 11) is 1.69. The Hall–Kier alpha value is -4.77. The zero-order chi connectivity index (χ0) is 27.3. The molecule has 0 atom stereocenters. The Labute approximate surface area is 213 Å². The number of carboxylic acids is 1. The average Bonchev–Trinajstić information content (AvgIpc) is 2.85. The van der Waals surface area contributed by atoms with Gasteiger partial charge in [0.1, 0.15) is 11.5 Å². The maximum Gasteiger partial charge on any atom is 0.335 e. The largest absolute Gasteiger partial charge is 0.478 e. The van der Waals surface area contributed by atoms with E-state index >= 15 is 0 Å². The lowest BCUT2D eigenvalue weighted by molar-refractivity contribution is -0.122. The number of carbonyl (C=O) groups is 4. The van der Waals surface area contributed by atoms with E-state index in [4.69, 9.17) is 16.9 Å². The first-order valence-corrected chi connectivity index (χ1v) is 11.4. The summed E-state index contributed by atoms with van der Waals surface area (Å²) < 4.78 is 0. The molecule has 11 heteroatoms. The number of nitrogens with zero attached hydrogens (tertiary/aromatic N) is 1. The zero-order valence-electron chi connectivity index (χ0n) is 20.4. The molecule has 0 aliphatic heterocycles. The van der Waals surface area contributed by atoms with E-state index in [0.29, 0.717) is 12.1 Å². The van der Waals surface area contributed by atoms with Crippen LogP contribution in [0.2, 0.25) is 0 Å². The molecule has 0 spiro atoms. The van der Waals surface area contributed by atoms with Crippen molar-refractivity contribution in [2.24, 2.45) is 5.73 Å². The van der Waals surface area contributed by atoms with Crippen molar-refractivity contribution in [2.45, 2.75) is 19.9 Å². The number of nitrogens with one attached hydrogen (secondary N) is 3. The number of Topliss-reactive ketones (excluding diaryl/α,β-unsaturated/α-hetero) is 1. The van der Waals surface area contributed by atoms with E-state index in [-0.39, 0.29) is 46.0 Å². The summed E-state index contributed by atoms with van der Waals surface area (Å²) in [6.45, 7) is 2.52. The molecule has 0 saturated heterocycles. The maximum absolute atomic E-state index is 13.4. The average molecular weight is 505 g/mol. The van der Waals surface area contributed by atoms with Crippen LogP contribution in [0.15, 0.2) is 59.8 Å². The predicted molar refractivity (Wildman–Crippen MR) is 138 cm³/mol. The van der Waals surface area contributed by atoms with Crippen LogP contribution in [0.1, 0.15) is 40.4 Å². The number of hydrogen-bond donors (Lipinski definition) is 6. The normalized spacial score (nSPS) is 13.4. The summed E-state index contributed by atoms with van der Waals surface area (Å²) >= 11 is 0. The SMILES string of the molecule is CCN(C)NC1=CC(=O)C(c2cc(N)cc(C(=O)O)c2)=C(CC(=O)NCc2ccc(C(=N)N)cc2)C1=O. The Morgan fingerprint density at radius 3 is 2.35 bits per heavy atom. The number of hydrazine groups is 1. The van der Waals surface area contributed by atoms with Gasteiger partial charge in [-0.2, -0.15) is 0 Å². The maximum atomic E-state index is 13.4. The molecule has 0 unspecified atom stereocenters. The zero-order valence-corrected chi connectivity index (χ0v) is 20.4. The van der Waals surface area contributed by atoms with Crippen molar-refractivity contribution in [3.05, 3.63) is 82.1 Å². The summed E-state index contributed by atoms with van der Waals surface area (Å²) in [4.78, 5) is 51.0. The van der Waals surface area contributed by atoms with Gasteiger partial charge in [0.25, 0.3) is 0 Å². The Morgan fingerprint density at radius 2 is 1.76 bits per heavy atom. The van der Waals surface area contributed by atoms with E-state index in [1.807, 2.05) is 6.92 Å². The van der Waals surface area contributed by atoms with Crippen LogP contribution < -0.4 is 22.2 Å². The molecule has 0 radical (unpaired) electrons. The molecule has 11 nitrogen and oxygen atoms in total. The number of anilines is 1. The van der Waals surface area contributed by atoms with Crippen LogP contribution in [0.4, 0.5) is 5.69 Å². The molecule has 3 rings (SSSR count). The molecule has 8 N–H and O–H groups in total. The van der Waals surface area contributed by atoms with Crippen LogP contribution in [-0.2, 0) is 20.9 Å². The monoisotopic (exact) mass is 504 g/mol. The standard InChI is InChI=1S/C26H28N6O5/c1-3-32(2)31-20-12-21(33)23(16-8-17(26(36)37)10-18(27)9-16)19(24(20)35)11-22(34)30-13-14-4-6-15(7-5-14)25(28)29/h4-10,12,31H,3,11,13,27H2,1-2H3,(H3,28,29)(H,30,34)(H,36,37). The third kappa shape index (κ3) is 6.47. The van der Waals surface area contributed by atoms with Gasteiger partial charge in [-0.15, -0.1) is 0 Å². The lowest BCUT2D eigenvalue weighted by Gasteiger charge is -2.24. The van der Waals surface area contributed by atoms with Crippen LogP contribution in [0.5, 0.6) is 0 Å². The number of amidine groups is 1. The highest BCUT2D eigenvalue weighted by atomic mass is 16.4. The predicted octanol–water partition coefficient (Wildman–Crippen LogP) is 1.20. The smallest absolute Gasteiger partial charge is 0.335 e. The van der Waals surface area contributed by atoms with Crippen LogP contribution in [-0.4, -0.2) is 53.0 Å². The van der Waals surface area contributed by atoms with E-state index in [2.05, 4.69) is 10.7 Å². The van der Waals surface area contributed by atoms with Gasteiger partial charge in [-0.3, -0.25) is 19.8 Å². The minimum atomic E-state index is -1.25. The lowest BCUT2D eigenvalue weighted by atomic mass is 9.85. The fourth-order valence-corrected chi connectivity index (χ4v) is 3.69. The summed E-state index contributed by atoms with van der Waals surface area (Å²) in [6.07, 6.45) is 0.711. The van der Waals surface area contributed by atoms with E-state index in [1.54, 1.807) is 36.3 Å². The number of rotatable bonds is 10. The molecule has 0 aromatic heterocycles. The van der Waals surface area contributed by atoms with Crippen molar-refractivity contribution in [2.75, 3.05) is 19.3 Å². The highest BCUT2D eigenvalue weighted by Gasteiger charge is 2.31. The number of benzene rings is 2. The van der Waals surface area contributed by atoms with Gasteiger partial charge in [0.2, 0.25) is 11.7 Å². The number of carboxylic acid groups (broad SMARTS) is 1. The van der Waals surface area contributed by atoms with Gasteiger partial charge in [0.05, 0.1) is 12.0 Å². The number of amides is 1. The summed E-state index contributed by atoms with van der Waals surface area (Å²) in [5.41, 5.74) is 15.4. The third-order valence-corrected chi connectivity index (χ3v) is 5.71. The highest BCUT2D eigenvalue weighted by Crippen LogP contribution is 2.31. The van der Waals surface area contributed by atoms with Gasteiger partial charge in [-0.05, 0) is 29.3 Å². The molecular formula is C26H28N6O5. The second-order valence-corrected chi connectivity index (χ2v) is 8.44. The minimum absolute atomic E-state index is 0.00285. The summed E-state index contributed by atoms with van der Waals surface area (Å²) in [5.74, 6) is -2.96. The Morgan fingerprint density at radius 1 is 1.08 bits per heavy atom. The van der Waals surface area contributed by atoms with Crippen molar-refractivity contribution in [1.29, 1.82) is 5.41 Å². The van der Waals surface area contributed by atoms with Crippen molar-refractivity contribution in [3.8, 4) is 0 Å². The van der Waals surface area contributed by atoms with E-state index in [0.717, 1.165) is 11.6 Å². The number of aromatic carboxylic acids is 1. The second kappa shape index (κ2) is 11.3. The Bertz CT molecular complexity index is 1340. The first-order chi connectivity index (χ1) is 17.5. The summed E-state index contributed by atoms with van der Waals surface area (Å²) in [6, 6.07) is 10.6. The van der Waals surface area contributed by atoms with E-state index in [9.17, 15) is 24.3 Å². The molecule has 1 aliphatic rings. The molecule has 0 bridgehead atoms. The van der Waals surface area contributed by atoms with E-state index in [1.165, 1.54) is 18.2 Å². The number of ketones is 2. The van der Waals surface area contributed by atoms with Gasteiger partial charge >= 0.3 is 5.97 Å². The molecule has 0 heterocycles. The van der Waals surface area contributed by atoms with Crippen molar-refractivity contribution >= 4 is 40.5 Å². The van der Waals surface area contributed by atoms with Gasteiger partial charge in [0.15, 0.2) is 5.78 Å². The number of nitrogens with two attached hydrogens (primary N) is 2. The third-order valence-electron chi connectivity index (χ3n) is 5.71. The van der Waals surface area contributed by atoms with Crippen LogP contribution in [0.25, 0.3) is 5.57 Å². The molecule has 37 heavy (non-hydrogen) atoms. The summed E-state index contributed by atoms with van der Waals surface area (Å²) in [5, 5.41) is 21.2. The molecular weight excluding hydrogens is 476 g/mol. The van der Waals surface area contributed by atoms with E-state index < -0.39 is 29.9 Å². The van der Waals surface area contributed by atoms with Crippen LogP contribution in [0, 0.1) is 5.41 Å². The molecule has 1 aliphatic carbocycles. The van der Waals surface area contributed by atoms with Gasteiger partial charge in [-0.1, -0.05) is 31.2 Å². The number of allylic oxidation sites excluding steroid dienone is 3. The topological polar surface area (TPSA) is 192 Å². The second-order valence-electron chi connectivity index (χ2n) is 8.44. The molecule has 1 amide bonds. The van der Waals surface area contributed by atoms with Gasteiger partial charge in [-0.25, -0.2) is 9.80 Å². The quantitative estimate of drug-likeness (QED) is 0.0907. The first-order valence-electron chi connectivity index (χ1n) is 11.4. The molecule has 0 fully saturated rings. The van der Waals surface area contributed by atoms with Crippen LogP contribution >= 0.6 is 0 Å². The number of hydrogen-bond acceptors (Lipinski definition) is 8. The van der Waals surface area contributed by atoms with Crippen LogP contribution in [0.3, 0.4) is 0 Å². The fourth-order valence-electron chi connectivity index (χ4n) is 3.69. The number of nitrogen functional groups attached to an aromatic ring is 2. The minimum Gasteiger partial charge on any atom is -0.478 e. The van der Waals surface area contributed by atoms with Gasteiger partial charge < -0.3 is 27.3 Å². The molecule has 2 aromatic carbocycles. The first kappa shape index (κ1) is 26.8. The van der Waals surface area contributed by atoms with Gasteiger partial charge in [0, 0.05) is 48.6 Å².